The van der Waals surface area contributed by atoms with Crippen molar-refractivity contribution in [3.05, 3.63) is 46.5 Å². The SMILES string of the molecule is CCC(CNC(C)Cl)CC(CN)=NCC1=C(C)CC=C(C2=CC(COC)=CC(C)C2N)O1. The summed E-state index contributed by atoms with van der Waals surface area (Å²) in [5, 5.41) is 3.30. The highest BCUT2D eigenvalue weighted by Crippen LogP contribution is 2.33. The number of methoxy groups -OCH3 is 1. The third-order valence-electron chi connectivity index (χ3n) is 6.11. The van der Waals surface area contributed by atoms with Gasteiger partial charge in [0.15, 0.2) is 0 Å². The molecule has 2 rings (SSSR count). The zero-order valence-electron chi connectivity index (χ0n) is 20.3. The molecule has 0 amide bonds. The van der Waals surface area contributed by atoms with Gasteiger partial charge in [-0.05, 0) is 68.4 Å². The molecule has 0 bridgehead atoms. The van der Waals surface area contributed by atoms with E-state index in [9.17, 15) is 0 Å². The quantitative estimate of drug-likeness (QED) is 0.230. The second-order valence-corrected chi connectivity index (χ2v) is 9.48. The summed E-state index contributed by atoms with van der Waals surface area (Å²) in [5.41, 5.74) is 16.8. The van der Waals surface area contributed by atoms with Gasteiger partial charge in [0, 0.05) is 31.0 Å². The van der Waals surface area contributed by atoms with Gasteiger partial charge in [-0.2, -0.15) is 0 Å². The van der Waals surface area contributed by atoms with Crippen LogP contribution in [0.4, 0.5) is 0 Å². The predicted molar refractivity (Wildman–Crippen MR) is 135 cm³/mol. The molecule has 0 spiro atoms. The first-order valence-corrected chi connectivity index (χ1v) is 12.1. The van der Waals surface area contributed by atoms with Gasteiger partial charge in [-0.25, -0.2) is 0 Å². The number of nitrogens with two attached hydrogens (primary N) is 2. The van der Waals surface area contributed by atoms with Gasteiger partial charge in [-0.1, -0.05) is 26.3 Å². The minimum atomic E-state index is -0.105. The minimum absolute atomic E-state index is 0.0431. The lowest BCUT2D eigenvalue weighted by Gasteiger charge is -2.29. The molecule has 2 aliphatic rings. The van der Waals surface area contributed by atoms with Crippen molar-refractivity contribution >= 4 is 17.3 Å². The normalized spacial score (nSPS) is 23.9. The predicted octanol–water partition coefficient (Wildman–Crippen LogP) is 4.03. The Bertz CT molecular complexity index is 783. The zero-order valence-corrected chi connectivity index (χ0v) is 21.0. The van der Waals surface area contributed by atoms with Gasteiger partial charge >= 0.3 is 0 Å². The fraction of sp³-hybridized carbons (Fsp3) is 0.640. The first-order chi connectivity index (χ1) is 15.3. The van der Waals surface area contributed by atoms with Crippen LogP contribution < -0.4 is 16.8 Å². The number of allylic oxidation sites excluding steroid dienone is 2. The van der Waals surface area contributed by atoms with Gasteiger partial charge < -0.3 is 26.3 Å². The lowest BCUT2D eigenvalue weighted by molar-refractivity contribution is 0.226. The van der Waals surface area contributed by atoms with Crippen molar-refractivity contribution in [3.63, 3.8) is 0 Å². The Morgan fingerprint density at radius 3 is 2.81 bits per heavy atom. The molecule has 0 fully saturated rings. The van der Waals surface area contributed by atoms with Crippen LogP contribution in [-0.4, -0.2) is 50.6 Å². The largest absolute Gasteiger partial charge is 0.460 e. The first kappa shape index (κ1) is 26.8. The monoisotopic (exact) mass is 464 g/mol. The van der Waals surface area contributed by atoms with Gasteiger partial charge in [0.25, 0.3) is 0 Å². The van der Waals surface area contributed by atoms with Crippen molar-refractivity contribution in [3.8, 4) is 0 Å². The maximum atomic E-state index is 6.51. The van der Waals surface area contributed by atoms with Crippen molar-refractivity contribution in [1.82, 2.24) is 5.32 Å². The molecule has 5 N–H and O–H groups in total. The van der Waals surface area contributed by atoms with Crippen LogP contribution in [-0.2, 0) is 9.47 Å². The molecule has 32 heavy (non-hydrogen) atoms. The van der Waals surface area contributed by atoms with Crippen LogP contribution in [0.2, 0.25) is 0 Å². The summed E-state index contributed by atoms with van der Waals surface area (Å²) in [6, 6.07) is -0.105. The van der Waals surface area contributed by atoms with Crippen molar-refractivity contribution < 1.29 is 9.47 Å². The molecule has 0 aromatic heterocycles. The second kappa shape index (κ2) is 13.3. The molecular weight excluding hydrogens is 424 g/mol. The number of aliphatic imine (C=N–C) groups is 1. The van der Waals surface area contributed by atoms with Crippen LogP contribution in [0.5, 0.6) is 0 Å². The molecule has 1 aliphatic heterocycles. The van der Waals surface area contributed by atoms with Crippen LogP contribution in [0.3, 0.4) is 0 Å². The Morgan fingerprint density at radius 2 is 2.19 bits per heavy atom. The number of nitrogens with zero attached hydrogens (tertiary/aromatic N) is 1. The molecule has 180 valence electrons. The topological polar surface area (TPSA) is 94.9 Å². The summed E-state index contributed by atoms with van der Waals surface area (Å²) in [6.45, 7) is 10.7. The molecule has 0 aromatic rings. The van der Waals surface area contributed by atoms with Crippen LogP contribution in [0.15, 0.2) is 51.5 Å². The molecule has 0 radical (unpaired) electrons. The number of halogens is 1. The van der Waals surface area contributed by atoms with Crippen LogP contribution >= 0.6 is 11.6 Å². The summed E-state index contributed by atoms with van der Waals surface area (Å²) in [7, 11) is 1.70. The highest BCUT2D eigenvalue weighted by molar-refractivity contribution is 6.20. The van der Waals surface area contributed by atoms with E-state index in [0.717, 1.165) is 54.2 Å². The Morgan fingerprint density at radius 1 is 1.44 bits per heavy atom. The van der Waals surface area contributed by atoms with Crippen LogP contribution in [0.1, 0.15) is 47.0 Å². The van der Waals surface area contributed by atoms with Crippen LogP contribution in [0, 0.1) is 11.8 Å². The summed E-state index contributed by atoms with van der Waals surface area (Å²) in [5.74, 6) is 2.40. The van der Waals surface area contributed by atoms with Crippen molar-refractivity contribution in [2.75, 3.05) is 33.4 Å². The molecule has 0 saturated carbocycles. The molecule has 4 unspecified atom stereocenters. The number of alkyl halides is 1. The van der Waals surface area contributed by atoms with Gasteiger partial charge in [0.2, 0.25) is 0 Å². The van der Waals surface area contributed by atoms with Crippen molar-refractivity contribution in [2.45, 2.75) is 58.5 Å². The smallest absolute Gasteiger partial charge is 0.128 e. The zero-order chi connectivity index (χ0) is 23.7. The number of hydrogen-bond acceptors (Lipinski definition) is 6. The molecule has 7 heteroatoms. The standard InChI is InChI=1S/C25H41ClN4O2/c1-6-19(13-29-18(4)26)10-21(12-27)30-14-24-16(2)7-8-23(32-24)22-11-20(15-31-5)9-17(3)25(22)28/h8-9,11,17-19,25,29H,6-7,10,12-15,27-28H2,1-5H3. The number of nitrogens with one attached hydrogen (secondary N) is 1. The average molecular weight is 465 g/mol. The maximum Gasteiger partial charge on any atom is 0.128 e. The van der Waals surface area contributed by atoms with Gasteiger partial charge in [0.1, 0.15) is 11.5 Å². The van der Waals surface area contributed by atoms with Gasteiger partial charge in [0.05, 0.1) is 18.7 Å². The number of hydrogen-bond donors (Lipinski definition) is 3. The Hall–Kier alpha value is -1.44. The lowest BCUT2D eigenvalue weighted by atomic mass is 9.85. The highest BCUT2D eigenvalue weighted by Gasteiger charge is 2.27. The van der Waals surface area contributed by atoms with E-state index >= 15 is 0 Å². The summed E-state index contributed by atoms with van der Waals surface area (Å²) in [4.78, 5) is 4.83. The minimum Gasteiger partial charge on any atom is -0.460 e. The molecule has 4 atom stereocenters. The van der Waals surface area contributed by atoms with Gasteiger partial charge in [-0.3, -0.25) is 4.99 Å². The van der Waals surface area contributed by atoms with E-state index in [0.29, 0.717) is 25.6 Å². The van der Waals surface area contributed by atoms with E-state index in [2.05, 4.69) is 44.3 Å². The molecule has 1 heterocycles. The van der Waals surface area contributed by atoms with E-state index in [1.54, 1.807) is 7.11 Å². The highest BCUT2D eigenvalue weighted by atomic mass is 35.5. The van der Waals surface area contributed by atoms with E-state index < -0.39 is 0 Å². The van der Waals surface area contributed by atoms with E-state index in [1.165, 1.54) is 5.57 Å². The number of ether oxygens (including phenoxy) is 2. The first-order valence-electron chi connectivity index (χ1n) is 11.6. The fourth-order valence-corrected chi connectivity index (χ4v) is 4.03. The molecule has 0 saturated heterocycles. The second-order valence-electron chi connectivity index (χ2n) is 8.83. The molecular formula is C25H41ClN4O2. The van der Waals surface area contributed by atoms with E-state index in [4.69, 9.17) is 37.5 Å². The molecule has 1 aliphatic carbocycles. The van der Waals surface area contributed by atoms with Crippen LogP contribution in [0.25, 0.3) is 0 Å². The molecule has 0 aromatic carbocycles. The summed E-state index contributed by atoms with van der Waals surface area (Å²) >= 11 is 6.03. The maximum absolute atomic E-state index is 6.51. The Balaban J connectivity index is 2.08. The Kier molecular flexibility index (Phi) is 11.2. The van der Waals surface area contributed by atoms with Crippen molar-refractivity contribution in [2.24, 2.45) is 28.3 Å². The molecule has 6 nitrogen and oxygen atoms in total. The van der Waals surface area contributed by atoms with E-state index in [1.807, 2.05) is 6.92 Å². The summed E-state index contributed by atoms with van der Waals surface area (Å²) in [6.07, 6.45) is 9.12. The third-order valence-corrected chi connectivity index (χ3v) is 6.27. The Labute approximate surface area is 198 Å². The van der Waals surface area contributed by atoms with Crippen molar-refractivity contribution in [1.29, 1.82) is 0 Å². The third kappa shape index (κ3) is 7.85. The lowest BCUT2D eigenvalue weighted by Crippen LogP contribution is -2.33. The summed E-state index contributed by atoms with van der Waals surface area (Å²) < 4.78 is 11.7. The van der Waals surface area contributed by atoms with Gasteiger partial charge in [-0.15, -0.1) is 11.6 Å². The average Bonchev–Trinajstić information content (AvgIpc) is 2.77. The fourth-order valence-electron chi connectivity index (χ4n) is 3.94. The van der Waals surface area contributed by atoms with E-state index in [-0.39, 0.29) is 17.5 Å². The number of rotatable bonds is 12.